The van der Waals surface area contributed by atoms with Gasteiger partial charge in [0.15, 0.2) is 11.6 Å². The molecule has 0 aromatic heterocycles. The number of rotatable bonds is 3. The Labute approximate surface area is 166 Å². The van der Waals surface area contributed by atoms with E-state index >= 15 is 0 Å². The van der Waals surface area contributed by atoms with Crippen LogP contribution in [0, 0.1) is 0 Å². The summed E-state index contributed by atoms with van der Waals surface area (Å²) in [6.45, 7) is 7.93. The molecular formula is C24H27NO3. The van der Waals surface area contributed by atoms with Gasteiger partial charge in [-0.15, -0.1) is 0 Å². The van der Waals surface area contributed by atoms with E-state index in [1.807, 2.05) is 42.5 Å². The number of likely N-dealkylation sites (tertiary alicyclic amines) is 1. The highest BCUT2D eigenvalue weighted by Gasteiger charge is 2.43. The maximum atomic E-state index is 13.0. The van der Waals surface area contributed by atoms with Gasteiger partial charge in [0, 0.05) is 37.5 Å². The first-order valence-electron chi connectivity index (χ1n) is 10.1. The minimum absolute atomic E-state index is 0.0504. The number of nitrogens with zero attached hydrogens (tertiary/aromatic N) is 1. The highest BCUT2D eigenvalue weighted by molar-refractivity contribution is 6.01. The first kappa shape index (κ1) is 18.9. The number of Topliss-reactive ketones (excluding diaryl/α,β-unsaturated/α-hetero) is 2. The lowest BCUT2D eigenvalue weighted by Crippen LogP contribution is -2.52. The highest BCUT2D eigenvalue weighted by atomic mass is 16.5. The average molecular weight is 377 g/mol. The Hall–Kier alpha value is -2.46. The Bertz CT molecular complexity index is 906. The van der Waals surface area contributed by atoms with Crippen molar-refractivity contribution in [2.45, 2.75) is 51.7 Å². The molecule has 2 aliphatic heterocycles. The molecule has 0 atom stereocenters. The molecule has 2 aliphatic rings. The Balaban J connectivity index is 1.57. The first-order valence-corrected chi connectivity index (χ1v) is 10.1. The van der Waals surface area contributed by atoms with Gasteiger partial charge in [0.1, 0.15) is 11.4 Å². The fourth-order valence-electron chi connectivity index (χ4n) is 4.30. The quantitative estimate of drug-likeness (QED) is 0.723. The van der Waals surface area contributed by atoms with Crippen LogP contribution in [0.15, 0.2) is 42.5 Å². The Morgan fingerprint density at radius 3 is 2.29 bits per heavy atom. The van der Waals surface area contributed by atoms with Crippen molar-refractivity contribution in [3.63, 3.8) is 0 Å². The highest BCUT2D eigenvalue weighted by Crippen LogP contribution is 2.41. The lowest BCUT2D eigenvalue weighted by molar-refractivity contribution is -0.0153. The molecule has 1 spiro atoms. The van der Waals surface area contributed by atoms with Gasteiger partial charge in [0.25, 0.3) is 0 Å². The van der Waals surface area contributed by atoms with Gasteiger partial charge in [0.05, 0.1) is 12.0 Å². The summed E-state index contributed by atoms with van der Waals surface area (Å²) in [5.41, 5.74) is 2.98. The minimum Gasteiger partial charge on any atom is -0.486 e. The molecule has 28 heavy (non-hydrogen) atoms. The van der Waals surface area contributed by atoms with Gasteiger partial charge in [-0.05, 0) is 44.0 Å². The fourth-order valence-corrected chi connectivity index (χ4v) is 4.30. The molecule has 146 valence electrons. The van der Waals surface area contributed by atoms with Crippen LogP contribution in [0.25, 0.3) is 11.1 Å². The summed E-state index contributed by atoms with van der Waals surface area (Å²) in [7, 11) is 0. The summed E-state index contributed by atoms with van der Waals surface area (Å²) in [4.78, 5) is 26.9. The van der Waals surface area contributed by atoms with E-state index in [0.29, 0.717) is 29.3 Å². The van der Waals surface area contributed by atoms with Crippen molar-refractivity contribution < 1.29 is 14.3 Å². The Morgan fingerprint density at radius 1 is 1.04 bits per heavy atom. The van der Waals surface area contributed by atoms with Crippen molar-refractivity contribution in [3.8, 4) is 16.9 Å². The topological polar surface area (TPSA) is 46.6 Å². The van der Waals surface area contributed by atoms with Crippen molar-refractivity contribution >= 4 is 11.6 Å². The Kier molecular flexibility index (Phi) is 4.84. The molecular weight excluding hydrogens is 350 g/mol. The summed E-state index contributed by atoms with van der Waals surface area (Å²) in [6.07, 6.45) is 2.24. The van der Waals surface area contributed by atoms with Crippen LogP contribution in [0.3, 0.4) is 0 Å². The number of hydrogen-bond donors (Lipinski definition) is 0. The second-order valence-corrected chi connectivity index (χ2v) is 8.36. The maximum Gasteiger partial charge on any atom is 0.170 e. The van der Waals surface area contributed by atoms with E-state index in [1.165, 1.54) is 0 Å². The van der Waals surface area contributed by atoms with Crippen molar-refractivity contribution in [1.82, 2.24) is 4.90 Å². The zero-order valence-corrected chi connectivity index (χ0v) is 16.8. The van der Waals surface area contributed by atoms with Crippen LogP contribution < -0.4 is 4.74 Å². The van der Waals surface area contributed by atoms with Gasteiger partial charge in [-0.2, -0.15) is 0 Å². The zero-order valence-electron chi connectivity index (χ0n) is 16.8. The molecule has 1 saturated heterocycles. The Morgan fingerprint density at radius 2 is 1.68 bits per heavy atom. The van der Waals surface area contributed by atoms with Crippen LogP contribution in [0.5, 0.6) is 5.75 Å². The normalized spacial score (nSPS) is 18.8. The number of ketones is 2. The predicted octanol–water partition coefficient (Wildman–Crippen LogP) is 4.76. The van der Waals surface area contributed by atoms with Crippen LogP contribution in [0.1, 0.15) is 60.7 Å². The number of carbonyl (C=O) groups excluding carboxylic acids is 2. The van der Waals surface area contributed by atoms with E-state index in [1.54, 1.807) is 6.92 Å². The van der Waals surface area contributed by atoms with Gasteiger partial charge in [0.2, 0.25) is 0 Å². The van der Waals surface area contributed by atoms with E-state index in [9.17, 15) is 9.59 Å². The summed E-state index contributed by atoms with van der Waals surface area (Å²) in [5, 5.41) is 0. The lowest BCUT2D eigenvalue weighted by Gasteiger charge is -2.45. The van der Waals surface area contributed by atoms with Gasteiger partial charge >= 0.3 is 0 Å². The summed E-state index contributed by atoms with van der Waals surface area (Å²) in [5.74, 6) is 0.925. The molecule has 4 rings (SSSR count). The second-order valence-electron chi connectivity index (χ2n) is 8.36. The van der Waals surface area contributed by atoms with Gasteiger partial charge < -0.3 is 9.64 Å². The molecule has 0 amide bonds. The largest absolute Gasteiger partial charge is 0.486 e. The molecule has 2 aromatic rings. The van der Waals surface area contributed by atoms with Gasteiger partial charge in [-0.25, -0.2) is 0 Å². The van der Waals surface area contributed by atoms with Crippen molar-refractivity contribution in [2.75, 3.05) is 13.1 Å². The van der Waals surface area contributed by atoms with E-state index in [0.717, 1.165) is 37.1 Å². The van der Waals surface area contributed by atoms with Crippen LogP contribution >= 0.6 is 0 Å². The third kappa shape index (κ3) is 3.49. The van der Waals surface area contributed by atoms with Crippen LogP contribution in [-0.4, -0.2) is 41.2 Å². The van der Waals surface area contributed by atoms with Crippen molar-refractivity contribution in [2.24, 2.45) is 0 Å². The molecule has 0 bridgehead atoms. The van der Waals surface area contributed by atoms with Gasteiger partial charge in [-0.3, -0.25) is 9.59 Å². The molecule has 4 heteroatoms. The number of fused-ring (bicyclic) bond motifs is 1. The average Bonchev–Trinajstić information content (AvgIpc) is 2.68. The third-order valence-electron chi connectivity index (χ3n) is 6.15. The minimum atomic E-state index is -0.347. The van der Waals surface area contributed by atoms with E-state index < -0.39 is 0 Å². The van der Waals surface area contributed by atoms with Crippen molar-refractivity contribution in [3.05, 3.63) is 53.6 Å². The van der Waals surface area contributed by atoms with E-state index in [4.69, 9.17) is 4.74 Å². The molecule has 2 heterocycles. The third-order valence-corrected chi connectivity index (χ3v) is 6.15. The van der Waals surface area contributed by atoms with Gasteiger partial charge in [-0.1, -0.05) is 30.3 Å². The maximum absolute atomic E-state index is 13.0. The zero-order chi connectivity index (χ0) is 19.9. The summed E-state index contributed by atoms with van der Waals surface area (Å²) >= 11 is 0. The molecule has 0 N–H and O–H groups in total. The predicted molar refractivity (Wildman–Crippen MR) is 110 cm³/mol. The van der Waals surface area contributed by atoms with E-state index in [2.05, 4.69) is 18.7 Å². The monoisotopic (exact) mass is 377 g/mol. The number of carbonyl (C=O) groups is 2. The molecule has 0 unspecified atom stereocenters. The molecule has 0 aliphatic carbocycles. The molecule has 2 aromatic carbocycles. The first-order chi connectivity index (χ1) is 13.4. The molecule has 1 fully saturated rings. The SMILES string of the molecule is CC(=O)c1ccc(-c2ccc3c(c2)C(=O)CC2(CCN(C(C)C)CC2)O3)cc1. The van der Waals surface area contributed by atoms with Crippen molar-refractivity contribution in [1.29, 1.82) is 0 Å². The summed E-state index contributed by atoms with van der Waals surface area (Å²) in [6, 6.07) is 13.9. The second kappa shape index (κ2) is 7.17. The standard InChI is InChI=1S/C24H27NO3/c1-16(2)25-12-10-24(11-13-25)15-22(27)21-14-20(8-9-23(21)28-24)19-6-4-18(5-7-19)17(3)26/h4-9,14,16H,10-13,15H2,1-3H3. The summed E-state index contributed by atoms with van der Waals surface area (Å²) < 4.78 is 6.41. The number of ether oxygens (including phenoxy) is 1. The molecule has 0 saturated carbocycles. The number of hydrogen-bond acceptors (Lipinski definition) is 4. The lowest BCUT2D eigenvalue weighted by atomic mass is 9.81. The molecule has 0 radical (unpaired) electrons. The molecule has 4 nitrogen and oxygen atoms in total. The number of benzene rings is 2. The fraction of sp³-hybridized carbons (Fsp3) is 0.417. The van der Waals surface area contributed by atoms with Crippen LogP contribution in [-0.2, 0) is 0 Å². The number of piperidine rings is 1. The van der Waals surface area contributed by atoms with E-state index in [-0.39, 0.29) is 17.2 Å². The smallest absolute Gasteiger partial charge is 0.170 e. The van der Waals surface area contributed by atoms with Crippen LogP contribution in [0.2, 0.25) is 0 Å². The van der Waals surface area contributed by atoms with Crippen LogP contribution in [0.4, 0.5) is 0 Å².